The number of nitrogens with one attached hydrogen (secondary N) is 1. The van der Waals surface area contributed by atoms with Gasteiger partial charge in [0.1, 0.15) is 10.9 Å². The van der Waals surface area contributed by atoms with E-state index >= 15 is 0 Å². The van der Waals surface area contributed by atoms with Crippen LogP contribution in [0.4, 0.5) is 9.93 Å². The Kier molecular flexibility index (Phi) is 6.42. The molecule has 1 amide bonds. The van der Waals surface area contributed by atoms with Crippen LogP contribution in [0.2, 0.25) is 4.34 Å². The summed E-state index contributed by atoms with van der Waals surface area (Å²) in [6, 6.07) is 0. The highest BCUT2D eigenvalue weighted by Gasteiger charge is 2.22. The van der Waals surface area contributed by atoms with E-state index in [1.807, 2.05) is 0 Å². The number of thiazole rings is 1. The molecule has 0 bridgehead atoms. The van der Waals surface area contributed by atoms with Crippen molar-refractivity contribution in [2.75, 3.05) is 11.9 Å². The van der Waals surface area contributed by atoms with Gasteiger partial charge >= 0.3 is 6.09 Å². The maximum absolute atomic E-state index is 11.3. The Labute approximate surface area is 137 Å². The van der Waals surface area contributed by atoms with Crippen molar-refractivity contribution < 1.29 is 14.3 Å². The molecule has 0 saturated carbocycles. The van der Waals surface area contributed by atoms with Gasteiger partial charge in [-0.25, -0.2) is 9.78 Å². The fraction of sp³-hybridized carbons (Fsp3) is 0.375. The predicted octanol–water partition coefficient (Wildman–Crippen LogP) is 4.02. The molecule has 0 saturated heterocycles. The highest BCUT2D eigenvalue weighted by atomic mass is 35.6. The van der Waals surface area contributed by atoms with Crippen molar-refractivity contribution in [2.45, 2.75) is 10.2 Å². The number of halogens is 5. The molecule has 1 aromatic rings. The molecule has 5 nitrogen and oxygen atoms in total. The lowest BCUT2D eigenvalue weighted by molar-refractivity contribution is -0.111. The Hall–Kier alpha value is 0.0200. The average molecular weight is 386 g/mol. The van der Waals surface area contributed by atoms with Crippen molar-refractivity contribution in [3.8, 4) is 0 Å². The third-order valence-corrected chi connectivity index (χ3v) is 3.24. The van der Waals surface area contributed by atoms with Gasteiger partial charge in [0.05, 0.1) is 12.1 Å². The molecule has 0 aliphatic carbocycles. The number of amides is 1. The number of carbonyl (C=O) groups is 2. The van der Waals surface area contributed by atoms with Crippen molar-refractivity contribution in [1.29, 1.82) is 0 Å². The largest absolute Gasteiger partial charge is 0.445 e. The van der Waals surface area contributed by atoms with E-state index < -0.39 is 21.7 Å². The zero-order valence-corrected chi connectivity index (χ0v) is 13.5. The Morgan fingerprint density at radius 1 is 1.37 bits per heavy atom. The molecule has 11 heteroatoms. The van der Waals surface area contributed by atoms with Crippen molar-refractivity contribution in [3.05, 3.63) is 10.0 Å². The van der Waals surface area contributed by atoms with Crippen LogP contribution in [0.1, 0.15) is 5.69 Å². The summed E-state index contributed by atoms with van der Waals surface area (Å²) in [6.07, 6.45) is -0.998. The summed E-state index contributed by atoms with van der Waals surface area (Å²) in [5.41, 5.74) is 0.267. The maximum atomic E-state index is 11.3. The van der Waals surface area contributed by atoms with E-state index in [-0.39, 0.29) is 21.6 Å². The van der Waals surface area contributed by atoms with Gasteiger partial charge in [0, 0.05) is 0 Å². The predicted molar refractivity (Wildman–Crippen MR) is 76.9 cm³/mol. The minimum absolute atomic E-state index is 0.137. The lowest BCUT2D eigenvalue weighted by atomic mass is 10.4. The van der Waals surface area contributed by atoms with E-state index in [0.29, 0.717) is 0 Å². The first kappa shape index (κ1) is 17.1. The monoisotopic (exact) mass is 384 g/mol. The lowest BCUT2D eigenvalue weighted by Gasteiger charge is -2.10. The van der Waals surface area contributed by atoms with Crippen molar-refractivity contribution in [3.63, 3.8) is 0 Å². The van der Waals surface area contributed by atoms with Gasteiger partial charge in [-0.05, 0) is 11.6 Å². The molecule has 19 heavy (non-hydrogen) atoms. The fourth-order valence-electron chi connectivity index (χ4n) is 0.898. The molecule has 0 aromatic carbocycles. The molecule has 0 atom stereocenters. The van der Waals surface area contributed by atoms with Crippen molar-refractivity contribution >= 4 is 85.8 Å². The van der Waals surface area contributed by atoms with Crippen LogP contribution in [0.15, 0.2) is 0 Å². The summed E-state index contributed by atoms with van der Waals surface area (Å²) in [6.45, 7) is -0.421. The van der Waals surface area contributed by atoms with E-state index in [9.17, 15) is 9.59 Å². The van der Waals surface area contributed by atoms with Crippen LogP contribution in [-0.2, 0) is 16.0 Å². The van der Waals surface area contributed by atoms with Gasteiger partial charge in [0.25, 0.3) is 0 Å². The molecule has 1 aromatic heterocycles. The third kappa shape index (κ3) is 6.83. The number of hydrogen-bond donors (Lipinski definition) is 1. The SMILES string of the molecule is O=C(Cl)Cc1nc(NC(=O)OCC(Cl)(Cl)Cl)sc1Cl. The number of rotatable bonds is 4. The Bertz CT molecular complexity index is 487. The molecule has 0 unspecified atom stereocenters. The topological polar surface area (TPSA) is 68.3 Å². The summed E-state index contributed by atoms with van der Waals surface area (Å²) in [5.74, 6) is 0. The first-order valence-electron chi connectivity index (χ1n) is 4.51. The maximum Gasteiger partial charge on any atom is 0.413 e. The van der Waals surface area contributed by atoms with E-state index in [2.05, 4.69) is 15.0 Å². The standard InChI is InChI=1S/C8H5Cl5N2O3S/c9-4(16)1-3-5(10)19-6(14-3)15-7(17)18-2-8(11,12)13/h1-2H2,(H,14,15,17). The molecule has 0 fully saturated rings. The van der Waals surface area contributed by atoms with E-state index in [1.165, 1.54) is 0 Å². The Balaban J connectivity index is 2.58. The van der Waals surface area contributed by atoms with Crippen LogP contribution in [-0.4, -0.2) is 26.7 Å². The van der Waals surface area contributed by atoms with Crippen LogP contribution in [0.5, 0.6) is 0 Å². The fourth-order valence-corrected chi connectivity index (χ4v) is 2.21. The van der Waals surface area contributed by atoms with Gasteiger partial charge < -0.3 is 4.74 Å². The normalized spacial score (nSPS) is 11.2. The lowest BCUT2D eigenvalue weighted by Crippen LogP contribution is -2.21. The molecule has 0 aliphatic heterocycles. The van der Waals surface area contributed by atoms with Gasteiger partial charge in [-0.3, -0.25) is 10.1 Å². The van der Waals surface area contributed by atoms with E-state index in [0.717, 1.165) is 11.3 Å². The summed E-state index contributed by atoms with van der Waals surface area (Å²) in [7, 11) is 0. The average Bonchev–Trinajstić information content (AvgIpc) is 2.54. The summed E-state index contributed by atoms with van der Waals surface area (Å²) in [5, 5.41) is 1.81. The molecule has 1 rings (SSSR count). The van der Waals surface area contributed by atoms with Crippen LogP contribution in [0, 0.1) is 0 Å². The molecule has 106 valence electrons. The second-order valence-electron chi connectivity index (χ2n) is 3.09. The zero-order valence-electron chi connectivity index (χ0n) is 8.88. The van der Waals surface area contributed by atoms with Crippen molar-refractivity contribution in [2.24, 2.45) is 0 Å². The summed E-state index contributed by atoms with van der Waals surface area (Å²) < 4.78 is 3.17. The van der Waals surface area contributed by atoms with Crippen LogP contribution < -0.4 is 5.32 Å². The van der Waals surface area contributed by atoms with Crippen LogP contribution >= 0.6 is 69.3 Å². The number of carbonyl (C=O) groups excluding carboxylic acids is 2. The molecular weight excluding hydrogens is 381 g/mol. The molecule has 1 heterocycles. The second kappa shape index (κ2) is 7.15. The van der Waals surface area contributed by atoms with Gasteiger partial charge in [-0.15, -0.1) is 0 Å². The first-order chi connectivity index (χ1) is 8.67. The van der Waals surface area contributed by atoms with Crippen LogP contribution in [0.25, 0.3) is 0 Å². The van der Waals surface area contributed by atoms with Gasteiger partial charge in [-0.2, -0.15) is 0 Å². The highest BCUT2D eigenvalue weighted by molar-refractivity contribution is 7.19. The molecule has 0 radical (unpaired) electrons. The zero-order chi connectivity index (χ0) is 14.6. The van der Waals surface area contributed by atoms with Gasteiger partial charge in [-0.1, -0.05) is 57.7 Å². The third-order valence-electron chi connectivity index (χ3n) is 1.53. The van der Waals surface area contributed by atoms with Gasteiger partial charge in [0.2, 0.25) is 9.03 Å². The van der Waals surface area contributed by atoms with Crippen LogP contribution in [0.3, 0.4) is 0 Å². The quantitative estimate of drug-likeness (QED) is 0.627. The molecule has 1 N–H and O–H groups in total. The Morgan fingerprint density at radius 3 is 2.53 bits per heavy atom. The number of anilines is 1. The molecule has 0 aliphatic rings. The molecular formula is C8H5Cl5N2O3S. The first-order valence-corrected chi connectivity index (χ1v) is 7.22. The number of alkyl halides is 3. The highest BCUT2D eigenvalue weighted by Crippen LogP contribution is 2.29. The smallest absolute Gasteiger partial charge is 0.413 e. The minimum atomic E-state index is -1.70. The number of aromatic nitrogens is 1. The summed E-state index contributed by atoms with van der Waals surface area (Å²) in [4.78, 5) is 26.0. The minimum Gasteiger partial charge on any atom is -0.445 e. The van der Waals surface area contributed by atoms with Gasteiger partial charge in [0.15, 0.2) is 5.13 Å². The van der Waals surface area contributed by atoms with E-state index in [1.54, 1.807) is 0 Å². The van der Waals surface area contributed by atoms with Crippen molar-refractivity contribution in [1.82, 2.24) is 4.98 Å². The number of ether oxygens (including phenoxy) is 1. The second-order valence-corrected chi connectivity index (χ2v) is 7.63. The molecule has 0 spiro atoms. The number of hydrogen-bond acceptors (Lipinski definition) is 5. The van der Waals surface area contributed by atoms with E-state index in [4.69, 9.17) is 58.0 Å². The number of nitrogens with zero attached hydrogens (tertiary/aromatic N) is 1. The Morgan fingerprint density at radius 2 is 2.00 bits per heavy atom. The summed E-state index contributed by atoms with van der Waals surface area (Å²) >= 11 is 28.2.